The number of amides is 2. The topological polar surface area (TPSA) is 117 Å². The number of rotatable bonds is 8. The zero-order valence-corrected chi connectivity index (χ0v) is 20.6. The van der Waals surface area contributed by atoms with Gasteiger partial charge in [0.15, 0.2) is 5.17 Å². The van der Waals surface area contributed by atoms with Gasteiger partial charge < -0.3 is 5.32 Å². The molecule has 9 nitrogen and oxygen atoms in total. The van der Waals surface area contributed by atoms with Gasteiger partial charge in [0.25, 0.3) is 11.6 Å². The second kappa shape index (κ2) is 10.8. The molecule has 2 aliphatic rings. The van der Waals surface area contributed by atoms with Crippen LogP contribution in [-0.2, 0) is 21.8 Å². The highest BCUT2D eigenvalue weighted by Gasteiger charge is 2.42. The number of para-hydroxylation sites is 1. The van der Waals surface area contributed by atoms with Crippen LogP contribution in [0.3, 0.4) is 0 Å². The lowest BCUT2D eigenvalue weighted by molar-refractivity contribution is -0.384. The van der Waals surface area contributed by atoms with E-state index in [1.165, 1.54) is 23.9 Å². The summed E-state index contributed by atoms with van der Waals surface area (Å²) in [5.74, 6) is 0.233. The third-order valence-electron chi connectivity index (χ3n) is 6.05. The quantitative estimate of drug-likeness (QED) is 0.356. The van der Waals surface area contributed by atoms with E-state index in [0.717, 1.165) is 16.7 Å². The fraction of sp³-hybridized carbons (Fsp3) is 0.185. The van der Waals surface area contributed by atoms with Crippen molar-refractivity contribution in [3.05, 3.63) is 106 Å². The SMILES string of the molecule is O=C(CC1C(=O)N=C2c3ccccc3N=C(SCc3cccc([N+](=O)[O-])c3)N21)NCCc1ccccc1. The molecule has 0 radical (unpaired) electrons. The number of aliphatic imine (C=N–C) groups is 2. The summed E-state index contributed by atoms with van der Waals surface area (Å²) < 4.78 is 0. The standard InChI is InChI=1S/C27H23N5O4S/c33-24(28-14-13-18-7-2-1-3-8-18)16-23-26(34)30-25-21-11-4-5-12-22(21)29-27(31(23)25)37-17-19-9-6-10-20(15-19)32(35)36/h1-12,15,23H,13-14,16-17H2,(H,28,33). The highest BCUT2D eigenvalue weighted by Crippen LogP contribution is 2.35. The van der Waals surface area contributed by atoms with Gasteiger partial charge in [0, 0.05) is 30.0 Å². The average molecular weight is 514 g/mol. The molecule has 3 aromatic rings. The maximum atomic E-state index is 13.0. The summed E-state index contributed by atoms with van der Waals surface area (Å²) in [6.45, 7) is 0.461. The van der Waals surface area contributed by atoms with E-state index >= 15 is 0 Å². The highest BCUT2D eigenvalue weighted by molar-refractivity contribution is 8.13. The number of hydrogen-bond donors (Lipinski definition) is 1. The van der Waals surface area contributed by atoms with Crippen LogP contribution in [0.2, 0.25) is 0 Å². The molecule has 5 rings (SSSR count). The average Bonchev–Trinajstić information content (AvgIpc) is 3.24. The number of nitro groups is 1. The summed E-state index contributed by atoms with van der Waals surface area (Å²) in [4.78, 5) is 47.3. The number of fused-ring (bicyclic) bond motifs is 3. The number of nitrogens with zero attached hydrogens (tertiary/aromatic N) is 4. The van der Waals surface area contributed by atoms with Gasteiger partial charge >= 0.3 is 0 Å². The first-order valence-electron chi connectivity index (χ1n) is 11.8. The van der Waals surface area contributed by atoms with Crippen molar-refractivity contribution in [2.75, 3.05) is 6.54 Å². The third-order valence-corrected chi connectivity index (χ3v) is 7.08. The van der Waals surface area contributed by atoms with E-state index in [9.17, 15) is 19.7 Å². The van der Waals surface area contributed by atoms with Crippen LogP contribution in [0.4, 0.5) is 11.4 Å². The van der Waals surface area contributed by atoms with Crippen molar-refractivity contribution in [1.82, 2.24) is 10.2 Å². The second-order valence-electron chi connectivity index (χ2n) is 8.58. The maximum absolute atomic E-state index is 13.0. The molecule has 0 spiro atoms. The Morgan fingerprint density at radius 3 is 2.57 bits per heavy atom. The van der Waals surface area contributed by atoms with Crippen LogP contribution in [0.15, 0.2) is 88.8 Å². The van der Waals surface area contributed by atoms with Crippen molar-refractivity contribution < 1.29 is 14.5 Å². The molecule has 1 unspecified atom stereocenters. The summed E-state index contributed by atoms with van der Waals surface area (Å²) in [6.07, 6.45) is 0.634. The van der Waals surface area contributed by atoms with E-state index in [1.807, 2.05) is 54.6 Å². The number of thioether (sulfide) groups is 1. The van der Waals surface area contributed by atoms with E-state index in [0.29, 0.717) is 35.4 Å². The predicted octanol–water partition coefficient (Wildman–Crippen LogP) is 4.24. The van der Waals surface area contributed by atoms with Gasteiger partial charge in [-0.2, -0.15) is 4.99 Å². The zero-order chi connectivity index (χ0) is 25.8. The minimum absolute atomic E-state index is 0.0117. The first kappa shape index (κ1) is 24.4. The van der Waals surface area contributed by atoms with Crippen LogP contribution in [0.1, 0.15) is 23.1 Å². The van der Waals surface area contributed by atoms with Crippen LogP contribution in [0, 0.1) is 10.1 Å². The molecule has 186 valence electrons. The zero-order valence-electron chi connectivity index (χ0n) is 19.7. The minimum Gasteiger partial charge on any atom is -0.356 e. The Bertz CT molecular complexity index is 1420. The van der Waals surface area contributed by atoms with E-state index < -0.39 is 16.9 Å². The minimum atomic E-state index is -0.809. The van der Waals surface area contributed by atoms with Crippen LogP contribution in [0.25, 0.3) is 0 Å². The Morgan fingerprint density at radius 2 is 1.76 bits per heavy atom. The molecule has 2 aliphatic heterocycles. The summed E-state index contributed by atoms with van der Waals surface area (Å²) in [5, 5.41) is 14.6. The summed E-state index contributed by atoms with van der Waals surface area (Å²) >= 11 is 1.35. The lowest BCUT2D eigenvalue weighted by atomic mass is 10.1. The van der Waals surface area contributed by atoms with E-state index in [2.05, 4.69) is 10.3 Å². The van der Waals surface area contributed by atoms with Gasteiger partial charge in [-0.15, -0.1) is 0 Å². The molecule has 1 N–H and O–H groups in total. The number of carbonyl (C=O) groups excluding carboxylic acids is 2. The van der Waals surface area contributed by atoms with Gasteiger partial charge in [0.2, 0.25) is 5.91 Å². The number of benzene rings is 3. The van der Waals surface area contributed by atoms with Gasteiger partial charge in [-0.25, -0.2) is 4.99 Å². The van der Waals surface area contributed by atoms with Crippen LogP contribution < -0.4 is 5.32 Å². The molecular weight excluding hydrogens is 490 g/mol. The largest absolute Gasteiger partial charge is 0.356 e. The number of nitro benzene ring substituents is 1. The molecule has 0 fully saturated rings. The highest BCUT2D eigenvalue weighted by atomic mass is 32.2. The van der Waals surface area contributed by atoms with Gasteiger partial charge in [-0.05, 0) is 29.7 Å². The first-order valence-corrected chi connectivity index (χ1v) is 12.7. The number of nitrogens with one attached hydrogen (secondary N) is 1. The molecule has 10 heteroatoms. The Labute approximate surface area is 217 Å². The molecule has 3 aromatic carbocycles. The van der Waals surface area contributed by atoms with Gasteiger partial charge in [0.05, 0.1) is 17.0 Å². The molecular formula is C27H23N5O4S. The summed E-state index contributed by atoms with van der Waals surface area (Å²) in [6, 6.07) is 22.8. The van der Waals surface area contributed by atoms with Crippen molar-refractivity contribution in [3.63, 3.8) is 0 Å². The van der Waals surface area contributed by atoms with Crippen molar-refractivity contribution in [1.29, 1.82) is 0 Å². The molecule has 2 heterocycles. The molecule has 0 aliphatic carbocycles. The second-order valence-corrected chi connectivity index (χ2v) is 9.52. The molecule has 0 bridgehead atoms. The van der Waals surface area contributed by atoms with E-state index in [-0.39, 0.29) is 18.0 Å². The maximum Gasteiger partial charge on any atom is 0.271 e. The fourth-order valence-corrected chi connectivity index (χ4v) is 5.24. The predicted molar refractivity (Wildman–Crippen MR) is 143 cm³/mol. The van der Waals surface area contributed by atoms with Gasteiger partial charge in [-0.3, -0.25) is 24.6 Å². The number of carbonyl (C=O) groups is 2. The van der Waals surface area contributed by atoms with Crippen LogP contribution in [-0.4, -0.2) is 45.2 Å². The van der Waals surface area contributed by atoms with Crippen molar-refractivity contribution in [2.24, 2.45) is 9.98 Å². The first-order chi connectivity index (χ1) is 18.0. The molecule has 0 aromatic heterocycles. The Hall–Kier alpha value is -4.31. The molecule has 0 saturated heterocycles. The number of non-ortho nitro benzene ring substituents is 1. The monoisotopic (exact) mass is 513 g/mol. The molecule has 0 saturated carbocycles. The Balaban J connectivity index is 1.33. The Kier molecular flexibility index (Phi) is 7.09. The number of amidine groups is 2. The van der Waals surface area contributed by atoms with Crippen LogP contribution in [0.5, 0.6) is 0 Å². The lowest BCUT2D eigenvalue weighted by Crippen LogP contribution is -2.46. The normalized spacial score (nSPS) is 15.9. The van der Waals surface area contributed by atoms with Gasteiger partial charge in [0.1, 0.15) is 11.9 Å². The smallest absolute Gasteiger partial charge is 0.271 e. The molecule has 2 amide bonds. The fourth-order valence-electron chi connectivity index (χ4n) is 4.25. The Morgan fingerprint density at radius 1 is 1.00 bits per heavy atom. The van der Waals surface area contributed by atoms with Crippen molar-refractivity contribution in [2.45, 2.75) is 24.6 Å². The van der Waals surface area contributed by atoms with Crippen LogP contribution >= 0.6 is 11.8 Å². The van der Waals surface area contributed by atoms with E-state index in [4.69, 9.17) is 4.99 Å². The molecule has 1 atom stereocenters. The summed E-state index contributed by atoms with van der Waals surface area (Å²) in [5.41, 5.74) is 3.28. The van der Waals surface area contributed by atoms with Gasteiger partial charge in [-0.1, -0.05) is 66.4 Å². The van der Waals surface area contributed by atoms with E-state index in [1.54, 1.807) is 17.0 Å². The van der Waals surface area contributed by atoms with Crippen molar-refractivity contribution >= 4 is 46.0 Å². The number of hydrogen-bond acceptors (Lipinski definition) is 7. The lowest BCUT2D eigenvalue weighted by Gasteiger charge is -2.30. The summed E-state index contributed by atoms with van der Waals surface area (Å²) in [7, 11) is 0. The van der Waals surface area contributed by atoms with Crippen molar-refractivity contribution in [3.8, 4) is 0 Å². The molecule has 37 heavy (non-hydrogen) atoms. The third kappa shape index (κ3) is 5.44.